The molecule has 0 saturated heterocycles. The molecule has 28 heavy (non-hydrogen) atoms. The average molecular weight is 383 g/mol. The fourth-order valence-corrected chi connectivity index (χ4v) is 3.94. The third-order valence-electron chi connectivity index (χ3n) is 5.40. The number of hydrazone groups is 1. The van der Waals surface area contributed by atoms with Crippen molar-refractivity contribution in [3.63, 3.8) is 0 Å². The molecule has 6 heteroatoms. The van der Waals surface area contributed by atoms with Gasteiger partial charge in [0.05, 0.1) is 19.9 Å². The number of amides is 1. The second kappa shape index (κ2) is 9.44. The van der Waals surface area contributed by atoms with E-state index in [0.717, 1.165) is 17.0 Å². The second-order valence-corrected chi connectivity index (χ2v) is 7.36. The first-order chi connectivity index (χ1) is 13.6. The molecule has 2 N–H and O–H groups in total. The van der Waals surface area contributed by atoms with Gasteiger partial charge in [-0.2, -0.15) is 5.10 Å². The first-order valence-corrected chi connectivity index (χ1v) is 9.96. The third kappa shape index (κ3) is 4.94. The van der Waals surface area contributed by atoms with E-state index in [1.54, 1.807) is 13.3 Å². The Hall–Kier alpha value is -2.76. The van der Waals surface area contributed by atoms with Crippen LogP contribution in [-0.2, 0) is 4.79 Å². The van der Waals surface area contributed by atoms with Crippen LogP contribution in [-0.4, -0.2) is 30.3 Å². The van der Waals surface area contributed by atoms with Crippen LogP contribution in [0, 0.1) is 13.8 Å². The summed E-state index contributed by atoms with van der Waals surface area (Å²) in [6.45, 7) is 4.44. The van der Waals surface area contributed by atoms with Crippen molar-refractivity contribution < 1.29 is 9.53 Å². The first-order valence-electron chi connectivity index (χ1n) is 9.96. The fourth-order valence-electron chi connectivity index (χ4n) is 3.94. The quantitative estimate of drug-likeness (QED) is 0.558. The first kappa shape index (κ1) is 20.0. The van der Waals surface area contributed by atoms with Crippen LogP contribution in [0.5, 0.6) is 5.75 Å². The lowest BCUT2D eigenvalue weighted by Crippen LogP contribution is -2.25. The number of hydrogen-bond donors (Lipinski definition) is 2. The number of rotatable bonds is 7. The standard InChI is InChI=1S/C22H30N4O2/c1-16-13-18(17(2)26(16)20-7-5-4-6-8-20)14-24-25-22(27)15-23-19-9-11-21(28-3)12-10-19/h9-14,20,23H,4-8,15H2,1-3H3,(H,25,27)/b24-14-. The topological polar surface area (TPSA) is 67.7 Å². The van der Waals surface area contributed by atoms with E-state index in [4.69, 9.17) is 4.74 Å². The monoisotopic (exact) mass is 382 g/mol. The highest BCUT2D eigenvalue weighted by atomic mass is 16.5. The lowest BCUT2D eigenvalue weighted by molar-refractivity contribution is -0.119. The van der Waals surface area contributed by atoms with Gasteiger partial charge >= 0.3 is 0 Å². The number of carbonyl (C=O) groups excluding carboxylic acids is 1. The highest BCUT2D eigenvalue weighted by Gasteiger charge is 2.19. The molecule has 0 unspecified atom stereocenters. The molecular formula is C22H30N4O2. The van der Waals surface area contributed by atoms with E-state index < -0.39 is 0 Å². The molecule has 1 amide bonds. The number of ether oxygens (including phenoxy) is 1. The molecule has 0 radical (unpaired) electrons. The maximum atomic E-state index is 12.0. The Morgan fingerprint density at radius 2 is 1.93 bits per heavy atom. The predicted octanol–water partition coefficient (Wildman–Crippen LogP) is 4.18. The molecule has 150 valence electrons. The maximum Gasteiger partial charge on any atom is 0.259 e. The minimum Gasteiger partial charge on any atom is -0.497 e. The number of methoxy groups -OCH3 is 1. The van der Waals surface area contributed by atoms with E-state index in [-0.39, 0.29) is 12.5 Å². The van der Waals surface area contributed by atoms with Crippen LogP contribution in [0.25, 0.3) is 0 Å². The Labute approximate surface area is 167 Å². The molecule has 1 saturated carbocycles. The zero-order valence-electron chi connectivity index (χ0n) is 17.0. The van der Waals surface area contributed by atoms with Crippen molar-refractivity contribution in [1.82, 2.24) is 9.99 Å². The van der Waals surface area contributed by atoms with Crippen molar-refractivity contribution in [1.29, 1.82) is 0 Å². The van der Waals surface area contributed by atoms with Crippen molar-refractivity contribution in [3.05, 3.63) is 47.3 Å². The summed E-state index contributed by atoms with van der Waals surface area (Å²) < 4.78 is 7.56. The van der Waals surface area contributed by atoms with E-state index >= 15 is 0 Å². The summed E-state index contributed by atoms with van der Waals surface area (Å²) in [4.78, 5) is 12.0. The molecule has 6 nitrogen and oxygen atoms in total. The normalized spacial score (nSPS) is 15.0. The van der Waals surface area contributed by atoms with Gasteiger partial charge in [-0.1, -0.05) is 19.3 Å². The van der Waals surface area contributed by atoms with Gasteiger partial charge in [-0.15, -0.1) is 0 Å². The Balaban J connectivity index is 1.53. The largest absolute Gasteiger partial charge is 0.497 e. The molecule has 0 aliphatic heterocycles. The van der Waals surface area contributed by atoms with Gasteiger partial charge in [0, 0.05) is 28.7 Å². The van der Waals surface area contributed by atoms with E-state index in [0.29, 0.717) is 6.04 Å². The molecule has 1 aromatic carbocycles. The van der Waals surface area contributed by atoms with Crippen molar-refractivity contribution in [3.8, 4) is 5.75 Å². The van der Waals surface area contributed by atoms with Crippen LogP contribution in [0.3, 0.4) is 0 Å². The van der Waals surface area contributed by atoms with E-state index in [1.165, 1.54) is 43.5 Å². The predicted molar refractivity (Wildman–Crippen MR) is 113 cm³/mol. The molecule has 1 aliphatic carbocycles. The van der Waals surface area contributed by atoms with Crippen LogP contribution in [0.4, 0.5) is 5.69 Å². The van der Waals surface area contributed by atoms with Crippen molar-refractivity contribution in [2.24, 2.45) is 5.10 Å². The van der Waals surface area contributed by atoms with Gasteiger partial charge in [0.15, 0.2) is 0 Å². The number of nitrogens with zero attached hydrogens (tertiary/aromatic N) is 2. The molecule has 1 aromatic heterocycles. The van der Waals surface area contributed by atoms with Gasteiger partial charge in [0.2, 0.25) is 0 Å². The van der Waals surface area contributed by atoms with Crippen molar-refractivity contribution in [2.75, 3.05) is 19.0 Å². The summed E-state index contributed by atoms with van der Waals surface area (Å²) in [5.74, 6) is 0.596. The minimum absolute atomic E-state index is 0.158. The summed E-state index contributed by atoms with van der Waals surface area (Å²) in [5.41, 5.74) is 7.00. The minimum atomic E-state index is -0.187. The number of carbonyl (C=O) groups is 1. The van der Waals surface area contributed by atoms with Crippen LogP contribution in [0.1, 0.15) is 55.1 Å². The summed E-state index contributed by atoms with van der Waals surface area (Å²) in [5, 5.41) is 7.21. The van der Waals surface area contributed by atoms with E-state index in [9.17, 15) is 4.79 Å². The number of hydrogen-bond acceptors (Lipinski definition) is 4. The number of aryl methyl sites for hydroxylation is 1. The Kier molecular flexibility index (Phi) is 6.74. The zero-order valence-corrected chi connectivity index (χ0v) is 17.0. The number of aromatic nitrogens is 1. The zero-order chi connectivity index (χ0) is 19.9. The number of benzene rings is 1. The molecule has 0 atom stereocenters. The summed E-state index contributed by atoms with van der Waals surface area (Å²) in [7, 11) is 1.63. The molecule has 1 heterocycles. The second-order valence-electron chi connectivity index (χ2n) is 7.36. The number of nitrogens with one attached hydrogen (secondary N) is 2. The Morgan fingerprint density at radius 1 is 1.21 bits per heavy atom. The third-order valence-corrected chi connectivity index (χ3v) is 5.40. The molecule has 0 spiro atoms. The van der Waals surface area contributed by atoms with Crippen molar-refractivity contribution in [2.45, 2.75) is 52.0 Å². The highest BCUT2D eigenvalue weighted by molar-refractivity contribution is 5.85. The van der Waals surface area contributed by atoms with Gasteiger partial charge in [-0.05, 0) is 57.0 Å². The van der Waals surface area contributed by atoms with Crippen LogP contribution in [0.2, 0.25) is 0 Å². The van der Waals surface area contributed by atoms with Crippen LogP contribution in [0.15, 0.2) is 35.4 Å². The summed E-state index contributed by atoms with van der Waals surface area (Å²) in [6.07, 6.45) is 8.21. The van der Waals surface area contributed by atoms with Gasteiger partial charge in [-0.25, -0.2) is 5.43 Å². The summed E-state index contributed by atoms with van der Waals surface area (Å²) in [6, 6.07) is 10.2. The Morgan fingerprint density at radius 3 is 2.61 bits per heavy atom. The van der Waals surface area contributed by atoms with Gasteiger partial charge in [0.25, 0.3) is 5.91 Å². The molecule has 1 fully saturated rings. The van der Waals surface area contributed by atoms with Crippen LogP contribution >= 0.6 is 0 Å². The Bertz CT molecular complexity index is 818. The summed E-state index contributed by atoms with van der Waals surface area (Å²) >= 11 is 0. The lowest BCUT2D eigenvalue weighted by atomic mass is 9.95. The van der Waals surface area contributed by atoms with Crippen LogP contribution < -0.4 is 15.5 Å². The fraction of sp³-hybridized carbons (Fsp3) is 0.455. The SMILES string of the molecule is COc1ccc(NCC(=O)N/N=C\c2cc(C)n(C3CCCCC3)c2C)cc1. The lowest BCUT2D eigenvalue weighted by Gasteiger charge is -2.26. The highest BCUT2D eigenvalue weighted by Crippen LogP contribution is 2.31. The average Bonchev–Trinajstić information content (AvgIpc) is 3.00. The molecular weight excluding hydrogens is 352 g/mol. The molecule has 2 aromatic rings. The molecule has 0 bridgehead atoms. The molecule has 3 rings (SSSR count). The van der Waals surface area contributed by atoms with Crippen molar-refractivity contribution >= 4 is 17.8 Å². The van der Waals surface area contributed by atoms with E-state index in [2.05, 4.69) is 40.3 Å². The smallest absolute Gasteiger partial charge is 0.259 e. The molecule has 1 aliphatic rings. The number of anilines is 1. The van der Waals surface area contributed by atoms with Gasteiger partial charge in [-0.3, -0.25) is 4.79 Å². The maximum absolute atomic E-state index is 12.0. The van der Waals surface area contributed by atoms with Gasteiger partial charge < -0.3 is 14.6 Å². The van der Waals surface area contributed by atoms with Gasteiger partial charge in [0.1, 0.15) is 5.75 Å². The van der Waals surface area contributed by atoms with E-state index in [1.807, 2.05) is 24.3 Å².